The number of phenols is 1. The van der Waals surface area contributed by atoms with E-state index in [0.29, 0.717) is 12.5 Å². The lowest BCUT2D eigenvalue weighted by Gasteiger charge is -2.28. The van der Waals surface area contributed by atoms with Crippen LogP contribution in [0.15, 0.2) is 24.3 Å². The molecule has 28 heavy (non-hydrogen) atoms. The first-order valence-corrected chi connectivity index (χ1v) is 9.06. The fraction of sp³-hybridized carbons (Fsp3) is 0.476. The average molecular weight is 389 g/mol. The number of aromatic hydroxyl groups is 1. The summed E-state index contributed by atoms with van der Waals surface area (Å²) in [5, 5.41) is 21.0. The third kappa shape index (κ3) is 7.06. The second-order valence-electron chi connectivity index (χ2n) is 8.73. The molecule has 7 nitrogen and oxygen atoms in total. The molecule has 154 valence electrons. The van der Waals surface area contributed by atoms with Crippen molar-refractivity contribution in [3.05, 3.63) is 41.0 Å². The number of hydrogen-bond donors (Lipinski definition) is 3. The van der Waals surface area contributed by atoms with Gasteiger partial charge in [0.15, 0.2) is 0 Å². The number of aryl methyl sites for hydroxylation is 1. The summed E-state index contributed by atoms with van der Waals surface area (Å²) in [5.74, 6) is -2.41. The minimum Gasteiger partial charge on any atom is -0.545 e. The third-order valence-electron chi connectivity index (χ3n) is 4.12. The van der Waals surface area contributed by atoms with Crippen molar-refractivity contribution in [2.45, 2.75) is 65.2 Å². The molecule has 0 bridgehead atoms. The van der Waals surface area contributed by atoms with Gasteiger partial charge in [-0.1, -0.05) is 53.7 Å². The molecule has 1 rings (SSSR count). The topological polar surface area (TPSA) is 119 Å². The van der Waals surface area contributed by atoms with Gasteiger partial charge in [0, 0.05) is 12.5 Å². The fourth-order valence-electron chi connectivity index (χ4n) is 2.62. The molecule has 2 amide bonds. The Labute approximate surface area is 165 Å². The molecule has 0 aliphatic heterocycles. The van der Waals surface area contributed by atoms with Crippen LogP contribution < -0.4 is 16.0 Å². The van der Waals surface area contributed by atoms with Gasteiger partial charge in [-0.25, -0.2) is 0 Å². The van der Waals surface area contributed by atoms with Crippen molar-refractivity contribution in [2.75, 3.05) is 0 Å². The number of nitrogens with one attached hydrogen (secondary N) is 2. The van der Waals surface area contributed by atoms with Crippen molar-refractivity contribution in [1.82, 2.24) is 10.9 Å². The minimum absolute atomic E-state index is 0.114. The molecule has 0 aromatic heterocycles. The van der Waals surface area contributed by atoms with E-state index in [1.165, 1.54) is 0 Å². The number of phenolic OH excluding ortho intramolecular Hbond substituents is 1. The highest BCUT2D eigenvalue weighted by molar-refractivity contribution is 5.94. The quantitative estimate of drug-likeness (QED) is 0.519. The Bertz CT molecular complexity index is 748. The van der Waals surface area contributed by atoms with Crippen molar-refractivity contribution in [3.8, 4) is 5.75 Å². The average Bonchev–Trinajstić information content (AvgIpc) is 2.54. The highest BCUT2D eigenvalue weighted by Gasteiger charge is 2.26. The Morgan fingerprint density at radius 3 is 1.89 bits per heavy atom. The van der Waals surface area contributed by atoms with E-state index in [1.807, 2.05) is 53.7 Å². The Hall–Kier alpha value is -2.83. The lowest BCUT2D eigenvalue weighted by atomic mass is 9.78. The molecular weight excluding hydrogens is 360 g/mol. The van der Waals surface area contributed by atoms with Gasteiger partial charge in [-0.05, 0) is 40.0 Å². The predicted octanol–water partition coefficient (Wildman–Crippen LogP) is 1.37. The van der Waals surface area contributed by atoms with E-state index in [-0.39, 0.29) is 23.0 Å². The molecule has 0 saturated heterocycles. The van der Waals surface area contributed by atoms with Crippen LogP contribution in [0, 0.1) is 0 Å². The number of benzene rings is 1. The van der Waals surface area contributed by atoms with Crippen molar-refractivity contribution in [1.29, 1.82) is 0 Å². The van der Waals surface area contributed by atoms with E-state index >= 15 is 0 Å². The highest BCUT2D eigenvalue weighted by atomic mass is 16.4. The van der Waals surface area contributed by atoms with Gasteiger partial charge in [0.25, 0.3) is 5.91 Å². The molecule has 1 aromatic rings. The zero-order chi connectivity index (χ0) is 21.7. The van der Waals surface area contributed by atoms with Crippen LogP contribution >= 0.6 is 0 Å². The van der Waals surface area contributed by atoms with Crippen LogP contribution in [0.5, 0.6) is 5.75 Å². The first-order chi connectivity index (χ1) is 12.7. The summed E-state index contributed by atoms with van der Waals surface area (Å²) in [6.07, 6.45) is 1.85. The fourth-order valence-corrected chi connectivity index (χ4v) is 2.62. The van der Waals surface area contributed by atoms with E-state index in [1.54, 1.807) is 0 Å². The van der Waals surface area contributed by atoms with Crippen molar-refractivity contribution in [2.24, 2.45) is 0 Å². The van der Waals surface area contributed by atoms with Gasteiger partial charge in [-0.15, -0.1) is 0 Å². The second-order valence-corrected chi connectivity index (χ2v) is 8.73. The van der Waals surface area contributed by atoms with Crippen molar-refractivity contribution >= 4 is 17.8 Å². The van der Waals surface area contributed by atoms with Crippen molar-refractivity contribution in [3.63, 3.8) is 0 Å². The summed E-state index contributed by atoms with van der Waals surface area (Å²) in [7, 11) is 0. The second kappa shape index (κ2) is 8.91. The molecule has 0 fully saturated rings. The monoisotopic (exact) mass is 389 g/mol. The molecule has 0 radical (unpaired) electrons. The maximum atomic E-state index is 12.0. The van der Waals surface area contributed by atoms with E-state index in [2.05, 4.69) is 10.9 Å². The number of carboxylic acid groups (broad SMARTS) is 1. The first-order valence-electron chi connectivity index (χ1n) is 9.06. The van der Waals surface area contributed by atoms with Gasteiger partial charge < -0.3 is 15.0 Å². The molecule has 3 N–H and O–H groups in total. The lowest BCUT2D eigenvalue weighted by molar-refractivity contribution is -0.297. The molecule has 0 unspecified atom stereocenters. The van der Waals surface area contributed by atoms with E-state index < -0.39 is 17.8 Å². The van der Waals surface area contributed by atoms with E-state index in [0.717, 1.165) is 22.8 Å². The summed E-state index contributed by atoms with van der Waals surface area (Å²) >= 11 is 0. The Morgan fingerprint density at radius 1 is 0.964 bits per heavy atom. The van der Waals surface area contributed by atoms with Gasteiger partial charge in [-0.3, -0.25) is 20.4 Å². The van der Waals surface area contributed by atoms with Gasteiger partial charge in [0.05, 0.1) is 5.97 Å². The van der Waals surface area contributed by atoms with Gasteiger partial charge in [0.1, 0.15) is 5.75 Å². The Balaban J connectivity index is 2.88. The molecule has 0 aliphatic carbocycles. The summed E-state index contributed by atoms with van der Waals surface area (Å²) in [4.78, 5) is 33.5. The van der Waals surface area contributed by atoms with Crippen LogP contribution in [0.1, 0.15) is 64.7 Å². The number of aliphatic carboxylic acids is 1. The Kier molecular flexibility index (Phi) is 7.38. The molecule has 7 heteroatoms. The molecule has 0 atom stereocenters. The van der Waals surface area contributed by atoms with E-state index in [9.17, 15) is 24.6 Å². The summed E-state index contributed by atoms with van der Waals surface area (Å²) < 4.78 is 0. The maximum absolute atomic E-state index is 12.0. The largest absolute Gasteiger partial charge is 0.545 e. The van der Waals surface area contributed by atoms with Crippen LogP contribution in [0.2, 0.25) is 0 Å². The number of amides is 2. The Morgan fingerprint density at radius 2 is 1.46 bits per heavy atom. The third-order valence-corrected chi connectivity index (χ3v) is 4.12. The molecule has 0 saturated carbocycles. The zero-order valence-electron chi connectivity index (χ0n) is 17.3. The van der Waals surface area contributed by atoms with Gasteiger partial charge >= 0.3 is 0 Å². The number of hydrazine groups is 1. The number of hydrogen-bond acceptors (Lipinski definition) is 5. The standard InChI is InChI=1S/C21H30N2O5/c1-20(2,3)14-11-13(12-15(19(14)28)21(4,5)6)7-8-16(24)22-23-17(25)9-10-18(26)27/h9-12,28H,7-8H2,1-6H3,(H,22,24)(H,23,25)(H,26,27)/p-1/b10-9+. The molecule has 0 aliphatic rings. The van der Waals surface area contributed by atoms with Gasteiger partial charge in [0.2, 0.25) is 5.91 Å². The van der Waals surface area contributed by atoms with E-state index in [4.69, 9.17) is 0 Å². The molecule has 1 aromatic carbocycles. The minimum atomic E-state index is -1.50. The molecular formula is C21H29N2O5-. The maximum Gasteiger partial charge on any atom is 0.262 e. The summed E-state index contributed by atoms with van der Waals surface area (Å²) in [5.41, 5.74) is 6.34. The smallest absolute Gasteiger partial charge is 0.262 e. The predicted molar refractivity (Wildman–Crippen MR) is 104 cm³/mol. The number of rotatable bonds is 5. The number of carboxylic acids is 1. The van der Waals surface area contributed by atoms with Crippen LogP contribution in [-0.4, -0.2) is 22.9 Å². The van der Waals surface area contributed by atoms with Crippen LogP contribution in [0.3, 0.4) is 0 Å². The van der Waals surface area contributed by atoms with Crippen molar-refractivity contribution < 1.29 is 24.6 Å². The van der Waals surface area contributed by atoms with Crippen LogP contribution in [-0.2, 0) is 31.6 Å². The lowest BCUT2D eigenvalue weighted by Crippen LogP contribution is -2.41. The summed E-state index contributed by atoms with van der Waals surface area (Å²) in [6.45, 7) is 12.1. The normalized spacial score (nSPS) is 12.1. The van der Waals surface area contributed by atoms with Crippen LogP contribution in [0.4, 0.5) is 0 Å². The first kappa shape index (κ1) is 23.2. The van der Waals surface area contributed by atoms with Gasteiger partial charge in [-0.2, -0.15) is 0 Å². The highest BCUT2D eigenvalue weighted by Crippen LogP contribution is 2.39. The zero-order valence-corrected chi connectivity index (χ0v) is 17.3. The summed E-state index contributed by atoms with van der Waals surface area (Å²) in [6, 6.07) is 3.80. The molecule has 0 heterocycles. The SMILES string of the molecule is CC(C)(C)c1cc(CCC(=O)NNC(=O)/C=C/C(=O)[O-])cc(C(C)(C)C)c1O. The molecule has 0 spiro atoms. The van der Waals surface area contributed by atoms with Crippen LogP contribution in [0.25, 0.3) is 0 Å². The number of carbonyl (C=O) groups excluding carboxylic acids is 3. The number of carbonyl (C=O) groups is 3.